The zero-order valence-corrected chi connectivity index (χ0v) is 15.4. The fourth-order valence-corrected chi connectivity index (χ4v) is 3.29. The Morgan fingerprint density at radius 2 is 2.04 bits per heavy atom. The highest BCUT2D eigenvalue weighted by molar-refractivity contribution is 7.22. The molecule has 0 aliphatic carbocycles. The topological polar surface area (TPSA) is 60.5 Å². The highest BCUT2D eigenvalue weighted by Crippen LogP contribution is 2.29. The molecule has 6 heteroatoms. The number of thiazole rings is 1. The lowest BCUT2D eigenvalue weighted by Crippen LogP contribution is -2.30. The van der Waals surface area contributed by atoms with Crippen molar-refractivity contribution in [1.29, 1.82) is 0 Å². The lowest BCUT2D eigenvalue weighted by Gasteiger charge is -2.16. The Bertz CT molecular complexity index is 920. The van der Waals surface area contributed by atoms with E-state index in [-0.39, 0.29) is 5.91 Å². The summed E-state index contributed by atoms with van der Waals surface area (Å²) in [6.45, 7) is 5.73. The van der Waals surface area contributed by atoms with Crippen LogP contribution < -0.4 is 14.8 Å². The van der Waals surface area contributed by atoms with Crippen molar-refractivity contribution in [2.24, 2.45) is 0 Å². The van der Waals surface area contributed by atoms with Crippen LogP contribution in [0.25, 0.3) is 10.2 Å². The van der Waals surface area contributed by atoms with E-state index < -0.39 is 6.10 Å². The van der Waals surface area contributed by atoms with Crippen molar-refractivity contribution >= 4 is 32.6 Å². The fourth-order valence-electron chi connectivity index (χ4n) is 2.39. The Hall–Kier alpha value is -2.60. The summed E-state index contributed by atoms with van der Waals surface area (Å²) in [5.41, 5.74) is 2.99. The van der Waals surface area contributed by atoms with E-state index in [1.54, 1.807) is 14.0 Å². The Morgan fingerprint density at radius 3 is 2.80 bits per heavy atom. The molecule has 0 aliphatic rings. The Labute approximate surface area is 150 Å². The van der Waals surface area contributed by atoms with Crippen LogP contribution in [0.4, 0.5) is 5.13 Å². The van der Waals surface area contributed by atoms with Gasteiger partial charge in [0.05, 0.1) is 17.3 Å². The van der Waals surface area contributed by atoms with Gasteiger partial charge < -0.3 is 9.47 Å². The summed E-state index contributed by atoms with van der Waals surface area (Å²) in [7, 11) is 1.62. The molecule has 0 radical (unpaired) electrons. The third-order valence-electron chi connectivity index (χ3n) is 4.05. The van der Waals surface area contributed by atoms with Gasteiger partial charge >= 0.3 is 0 Å². The number of rotatable bonds is 5. The second-order valence-corrected chi connectivity index (χ2v) is 6.83. The van der Waals surface area contributed by atoms with Gasteiger partial charge in [0.1, 0.15) is 11.5 Å². The van der Waals surface area contributed by atoms with Crippen LogP contribution in [0.2, 0.25) is 0 Å². The number of fused-ring (bicyclic) bond motifs is 1. The highest BCUT2D eigenvalue weighted by Gasteiger charge is 2.18. The molecule has 3 rings (SSSR count). The monoisotopic (exact) mass is 356 g/mol. The molecule has 1 aromatic heterocycles. The van der Waals surface area contributed by atoms with Crippen molar-refractivity contribution in [1.82, 2.24) is 4.98 Å². The Kier molecular flexibility index (Phi) is 4.90. The molecule has 25 heavy (non-hydrogen) atoms. The van der Waals surface area contributed by atoms with Crippen molar-refractivity contribution in [2.45, 2.75) is 26.9 Å². The van der Waals surface area contributed by atoms with Crippen LogP contribution in [0, 0.1) is 13.8 Å². The first-order chi connectivity index (χ1) is 12.0. The lowest BCUT2D eigenvalue weighted by molar-refractivity contribution is -0.122. The van der Waals surface area contributed by atoms with Crippen LogP contribution in [0.15, 0.2) is 36.4 Å². The predicted molar refractivity (Wildman–Crippen MR) is 101 cm³/mol. The summed E-state index contributed by atoms with van der Waals surface area (Å²) in [6.07, 6.45) is -0.623. The molecule has 5 nitrogen and oxygen atoms in total. The van der Waals surface area contributed by atoms with E-state index in [1.165, 1.54) is 11.3 Å². The number of methoxy groups -OCH3 is 1. The number of hydrogen-bond donors (Lipinski definition) is 1. The highest BCUT2D eigenvalue weighted by atomic mass is 32.1. The molecule has 2 aromatic carbocycles. The number of hydrogen-bond acceptors (Lipinski definition) is 5. The van der Waals surface area contributed by atoms with E-state index in [1.807, 2.05) is 50.2 Å². The van der Waals surface area contributed by atoms with Gasteiger partial charge in [-0.1, -0.05) is 23.5 Å². The second-order valence-electron chi connectivity index (χ2n) is 5.80. The minimum atomic E-state index is -0.623. The third-order valence-corrected chi connectivity index (χ3v) is 4.99. The van der Waals surface area contributed by atoms with E-state index in [9.17, 15) is 4.79 Å². The molecular weight excluding hydrogens is 336 g/mol. The Morgan fingerprint density at radius 1 is 1.24 bits per heavy atom. The van der Waals surface area contributed by atoms with Gasteiger partial charge in [0.2, 0.25) is 0 Å². The van der Waals surface area contributed by atoms with Gasteiger partial charge in [0.15, 0.2) is 11.2 Å². The molecule has 1 N–H and O–H groups in total. The molecule has 0 saturated carbocycles. The number of aromatic nitrogens is 1. The number of anilines is 1. The van der Waals surface area contributed by atoms with Crippen LogP contribution in [0.1, 0.15) is 18.1 Å². The van der Waals surface area contributed by atoms with E-state index in [0.717, 1.165) is 32.8 Å². The number of carbonyl (C=O) groups is 1. The summed E-state index contributed by atoms with van der Waals surface area (Å²) in [4.78, 5) is 16.8. The van der Waals surface area contributed by atoms with E-state index in [0.29, 0.717) is 5.13 Å². The molecule has 0 bridgehead atoms. The lowest BCUT2D eigenvalue weighted by atomic mass is 10.1. The van der Waals surface area contributed by atoms with Gasteiger partial charge in [-0.05, 0) is 56.2 Å². The van der Waals surface area contributed by atoms with Crippen molar-refractivity contribution in [3.63, 3.8) is 0 Å². The van der Waals surface area contributed by atoms with Crippen LogP contribution in [-0.2, 0) is 4.79 Å². The van der Waals surface area contributed by atoms with E-state index in [2.05, 4.69) is 10.3 Å². The van der Waals surface area contributed by atoms with Crippen LogP contribution >= 0.6 is 11.3 Å². The number of nitrogens with zero attached hydrogens (tertiary/aromatic N) is 1. The molecular formula is C19H20N2O3S. The molecule has 0 fully saturated rings. The molecule has 1 amide bonds. The van der Waals surface area contributed by atoms with Crippen LogP contribution in [0.3, 0.4) is 0 Å². The number of amides is 1. The Balaban J connectivity index is 1.72. The number of ether oxygens (including phenoxy) is 2. The van der Waals surface area contributed by atoms with E-state index in [4.69, 9.17) is 9.47 Å². The predicted octanol–water partition coefficient (Wildman–Crippen LogP) is 4.33. The largest absolute Gasteiger partial charge is 0.497 e. The standard InChI is InChI=1S/C19H20N2O3S/c1-11-6-5-7-16(12(11)2)24-13(3)18(22)21-19-20-15-9-8-14(23-4)10-17(15)25-19/h5-10,13H,1-4H3,(H,20,21,22). The summed E-state index contributed by atoms with van der Waals surface area (Å²) < 4.78 is 12.0. The van der Waals surface area contributed by atoms with Crippen molar-refractivity contribution in [3.05, 3.63) is 47.5 Å². The normalized spacial score (nSPS) is 12.0. The number of aryl methyl sites for hydroxylation is 1. The SMILES string of the molecule is COc1ccc2nc(NC(=O)C(C)Oc3cccc(C)c3C)sc2c1. The zero-order valence-electron chi connectivity index (χ0n) is 14.6. The summed E-state index contributed by atoms with van der Waals surface area (Å²) in [5, 5.41) is 3.37. The maximum atomic E-state index is 12.4. The number of benzene rings is 2. The molecule has 0 aliphatic heterocycles. The molecule has 3 aromatic rings. The molecule has 1 unspecified atom stereocenters. The molecule has 0 spiro atoms. The summed E-state index contributed by atoms with van der Waals surface area (Å²) in [5.74, 6) is 1.25. The quantitative estimate of drug-likeness (QED) is 0.739. The number of carbonyl (C=O) groups excluding carboxylic acids is 1. The first-order valence-electron chi connectivity index (χ1n) is 7.96. The van der Waals surface area contributed by atoms with Crippen LogP contribution in [0.5, 0.6) is 11.5 Å². The fraction of sp³-hybridized carbons (Fsp3) is 0.263. The molecule has 0 saturated heterocycles. The van der Waals surface area contributed by atoms with Gasteiger partial charge in [0.25, 0.3) is 5.91 Å². The first kappa shape index (κ1) is 17.2. The minimum Gasteiger partial charge on any atom is -0.497 e. The second kappa shape index (κ2) is 7.11. The van der Waals surface area contributed by atoms with Crippen LogP contribution in [-0.4, -0.2) is 24.1 Å². The first-order valence-corrected chi connectivity index (χ1v) is 8.78. The zero-order chi connectivity index (χ0) is 18.0. The van der Waals surface area contributed by atoms with Crippen molar-refractivity contribution in [2.75, 3.05) is 12.4 Å². The minimum absolute atomic E-state index is 0.230. The van der Waals surface area contributed by atoms with E-state index >= 15 is 0 Å². The average molecular weight is 356 g/mol. The van der Waals surface area contributed by atoms with Crippen molar-refractivity contribution < 1.29 is 14.3 Å². The van der Waals surface area contributed by atoms with Gasteiger partial charge in [-0.25, -0.2) is 4.98 Å². The van der Waals surface area contributed by atoms with Gasteiger partial charge in [-0.3, -0.25) is 10.1 Å². The van der Waals surface area contributed by atoms with Crippen molar-refractivity contribution in [3.8, 4) is 11.5 Å². The van der Waals surface area contributed by atoms with Gasteiger partial charge in [0, 0.05) is 0 Å². The summed E-state index contributed by atoms with van der Waals surface area (Å²) >= 11 is 1.41. The molecule has 1 atom stereocenters. The maximum absolute atomic E-state index is 12.4. The number of nitrogens with one attached hydrogen (secondary N) is 1. The summed E-state index contributed by atoms with van der Waals surface area (Å²) in [6, 6.07) is 11.4. The van der Waals surface area contributed by atoms with Gasteiger partial charge in [-0.2, -0.15) is 0 Å². The smallest absolute Gasteiger partial charge is 0.266 e. The molecule has 1 heterocycles. The molecule has 130 valence electrons. The van der Waals surface area contributed by atoms with Gasteiger partial charge in [-0.15, -0.1) is 0 Å². The maximum Gasteiger partial charge on any atom is 0.266 e. The average Bonchev–Trinajstić information content (AvgIpc) is 2.99. The third kappa shape index (κ3) is 3.74.